The minimum atomic E-state index is -4.31. The van der Waals surface area contributed by atoms with Crippen LogP contribution in [0, 0.1) is 25.5 Å². The third kappa shape index (κ3) is 4.63. The van der Waals surface area contributed by atoms with Crippen molar-refractivity contribution in [1.29, 1.82) is 0 Å². The van der Waals surface area contributed by atoms with E-state index in [1.165, 1.54) is 6.33 Å². The maximum Gasteiger partial charge on any atom is 0.264 e. The molecule has 0 aliphatic heterocycles. The lowest BCUT2D eigenvalue weighted by molar-refractivity contribution is 0.551. The number of nitrogens with one attached hydrogen (secondary N) is 1. The molecule has 0 bridgehead atoms. The molecule has 7 nitrogen and oxygen atoms in total. The normalized spacial score (nSPS) is 11.6. The van der Waals surface area contributed by atoms with Gasteiger partial charge in [0, 0.05) is 36.5 Å². The van der Waals surface area contributed by atoms with E-state index in [1.54, 1.807) is 19.2 Å². The summed E-state index contributed by atoms with van der Waals surface area (Å²) in [6.07, 6.45) is 3.07. The van der Waals surface area contributed by atoms with Gasteiger partial charge in [0.1, 0.15) is 28.7 Å². The number of anilines is 2. The van der Waals surface area contributed by atoms with Gasteiger partial charge in [0.2, 0.25) is 0 Å². The number of halogens is 2. The third-order valence-corrected chi connectivity index (χ3v) is 6.33. The van der Waals surface area contributed by atoms with Crippen molar-refractivity contribution < 1.29 is 17.2 Å². The Morgan fingerprint density at radius 2 is 1.74 bits per heavy atom. The molecule has 0 spiro atoms. The summed E-state index contributed by atoms with van der Waals surface area (Å²) in [7, 11) is -2.40. The van der Waals surface area contributed by atoms with Crippen LogP contribution in [0.3, 0.4) is 0 Å². The fourth-order valence-electron chi connectivity index (χ4n) is 2.98. The highest BCUT2D eigenvalue weighted by atomic mass is 32.2. The molecule has 0 aliphatic carbocycles. The van der Waals surface area contributed by atoms with Crippen LogP contribution in [0.1, 0.15) is 25.2 Å². The molecule has 3 rings (SSSR count). The van der Waals surface area contributed by atoms with Crippen LogP contribution in [0.25, 0.3) is 11.1 Å². The first-order chi connectivity index (χ1) is 14.5. The summed E-state index contributed by atoms with van der Waals surface area (Å²) in [6.45, 7) is 7.49. The summed E-state index contributed by atoms with van der Waals surface area (Å²) >= 11 is 0. The summed E-state index contributed by atoms with van der Waals surface area (Å²) in [6, 6.07) is 4.05. The van der Waals surface area contributed by atoms with Crippen molar-refractivity contribution in [2.75, 3.05) is 16.7 Å². The second-order valence-corrected chi connectivity index (χ2v) is 9.05. The number of hydrogen-bond acceptors (Lipinski definition) is 6. The summed E-state index contributed by atoms with van der Waals surface area (Å²) in [5.41, 5.74) is 2.57. The summed E-state index contributed by atoms with van der Waals surface area (Å²) < 4.78 is 55.1. The molecule has 164 valence electrons. The Balaban J connectivity index is 2.08. The maximum absolute atomic E-state index is 14.1. The van der Waals surface area contributed by atoms with Crippen LogP contribution < -0.4 is 9.62 Å². The molecule has 0 aliphatic rings. The summed E-state index contributed by atoms with van der Waals surface area (Å²) in [4.78, 5) is 14.3. The van der Waals surface area contributed by atoms with Gasteiger partial charge in [0.15, 0.2) is 0 Å². The van der Waals surface area contributed by atoms with Crippen molar-refractivity contribution in [3.8, 4) is 11.1 Å². The number of aryl methyl sites for hydroxylation is 2. The van der Waals surface area contributed by atoms with E-state index in [2.05, 4.69) is 19.7 Å². The molecule has 3 aromatic rings. The maximum atomic E-state index is 14.1. The predicted octanol–water partition coefficient (Wildman–Crippen LogP) is 4.08. The molecule has 31 heavy (non-hydrogen) atoms. The molecule has 10 heteroatoms. The minimum absolute atomic E-state index is 0.158. The molecular formula is C21H23F2N5O2S. The lowest BCUT2D eigenvalue weighted by Gasteiger charge is -2.25. The zero-order valence-electron chi connectivity index (χ0n) is 17.8. The lowest BCUT2D eigenvalue weighted by Crippen LogP contribution is -2.27. The fraction of sp³-hybridized carbons (Fsp3) is 0.286. The van der Waals surface area contributed by atoms with Gasteiger partial charge < -0.3 is 4.90 Å². The van der Waals surface area contributed by atoms with Crippen molar-refractivity contribution in [3.63, 3.8) is 0 Å². The van der Waals surface area contributed by atoms with Gasteiger partial charge in [0.25, 0.3) is 10.0 Å². The third-order valence-electron chi connectivity index (χ3n) is 4.93. The molecule has 1 aromatic carbocycles. The summed E-state index contributed by atoms with van der Waals surface area (Å²) in [5, 5.41) is 0. The molecule has 0 saturated heterocycles. The molecule has 0 amide bonds. The van der Waals surface area contributed by atoms with Crippen molar-refractivity contribution >= 4 is 21.5 Å². The molecule has 0 unspecified atom stereocenters. The Hall–Kier alpha value is -3.14. The van der Waals surface area contributed by atoms with Crippen LogP contribution in [0.5, 0.6) is 0 Å². The smallest absolute Gasteiger partial charge is 0.264 e. The highest BCUT2D eigenvalue weighted by molar-refractivity contribution is 7.92. The Morgan fingerprint density at radius 3 is 2.39 bits per heavy atom. The van der Waals surface area contributed by atoms with E-state index in [1.807, 2.05) is 32.7 Å². The van der Waals surface area contributed by atoms with Gasteiger partial charge in [0.05, 0.1) is 17.1 Å². The Labute approximate surface area is 180 Å². The van der Waals surface area contributed by atoms with E-state index >= 15 is 0 Å². The lowest BCUT2D eigenvalue weighted by atomic mass is 10.0. The van der Waals surface area contributed by atoms with Gasteiger partial charge >= 0.3 is 0 Å². The number of pyridine rings is 1. The number of benzene rings is 1. The van der Waals surface area contributed by atoms with Crippen LogP contribution in [-0.2, 0) is 10.0 Å². The topological polar surface area (TPSA) is 88.1 Å². The van der Waals surface area contributed by atoms with Crippen LogP contribution in [0.15, 0.2) is 41.7 Å². The monoisotopic (exact) mass is 447 g/mol. The first-order valence-electron chi connectivity index (χ1n) is 9.50. The molecule has 0 fully saturated rings. The number of aromatic nitrogens is 3. The second-order valence-electron chi connectivity index (χ2n) is 7.40. The van der Waals surface area contributed by atoms with Crippen LogP contribution in [0.2, 0.25) is 0 Å². The van der Waals surface area contributed by atoms with Gasteiger partial charge in [-0.15, -0.1) is 0 Å². The standard InChI is InChI=1S/C21H23F2N5O2S/c1-12(2)28(5)21-20(14(4)25-11-26-21)15-8-18(13(3)24-10-15)27-31(29,30)19-7-6-16(22)9-17(19)23/h6-12,27H,1-5H3. The van der Waals surface area contributed by atoms with Gasteiger partial charge in [-0.05, 0) is 45.9 Å². The van der Waals surface area contributed by atoms with Gasteiger partial charge in [-0.25, -0.2) is 27.2 Å². The highest BCUT2D eigenvalue weighted by Gasteiger charge is 2.22. The van der Waals surface area contributed by atoms with Crippen LogP contribution in [-0.4, -0.2) is 36.5 Å². The SMILES string of the molecule is Cc1ncc(-c2c(C)ncnc2N(C)C(C)C)cc1NS(=O)(=O)c1ccc(F)cc1F. The first kappa shape index (κ1) is 22.5. The number of rotatable bonds is 6. The Kier molecular flexibility index (Phi) is 6.21. The van der Waals surface area contributed by atoms with Gasteiger partial charge in [-0.1, -0.05) is 0 Å². The van der Waals surface area contributed by atoms with E-state index in [9.17, 15) is 17.2 Å². The van der Waals surface area contributed by atoms with E-state index in [-0.39, 0.29) is 11.7 Å². The molecule has 2 aromatic heterocycles. The average molecular weight is 448 g/mol. The molecule has 1 N–H and O–H groups in total. The van der Waals surface area contributed by atoms with E-state index < -0.39 is 26.6 Å². The highest BCUT2D eigenvalue weighted by Crippen LogP contribution is 2.33. The Morgan fingerprint density at radius 1 is 1.03 bits per heavy atom. The molecule has 0 radical (unpaired) electrons. The zero-order valence-corrected chi connectivity index (χ0v) is 18.6. The van der Waals surface area contributed by atoms with E-state index in [4.69, 9.17) is 0 Å². The number of hydrogen-bond donors (Lipinski definition) is 1. The van der Waals surface area contributed by atoms with Gasteiger partial charge in [-0.2, -0.15) is 0 Å². The van der Waals surface area contributed by atoms with Crippen LogP contribution >= 0.6 is 0 Å². The molecular weight excluding hydrogens is 424 g/mol. The average Bonchev–Trinajstić information content (AvgIpc) is 2.68. The quantitative estimate of drug-likeness (QED) is 0.613. The largest absolute Gasteiger partial charge is 0.357 e. The second kappa shape index (κ2) is 8.54. The first-order valence-corrected chi connectivity index (χ1v) is 11.0. The van der Waals surface area contributed by atoms with Crippen molar-refractivity contribution in [1.82, 2.24) is 15.0 Å². The zero-order chi connectivity index (χ0) is 22.9. The van der Waals surface area contributed by atoms with E-state index in [0.29, 0.717) is 34.4 Å². The number of nitrogens with zero attached hydrogens (tertiary/aromatic N) is 4. The molecule has 0 atom stereocenters. The molecule has 0 saturated carbocycles. The van der Waals surface area contributed by atoms with Crippen molar-refractivity contribution in [2.45, 2.75) is 38.6 Å². The Bertz CT molecular complexity index is 1230. The van der Waals surface area contributed by atoms with Crippen molar-refractivity contribution in [2.24, 2.45) is 0 Å². The van der Waals surface area contributed by atoms with E-state index in [0.717, 1.165) is 12.1 Å². The fourth-order valence-corrected chi connectivity index (χ4v) is 4.15. The predicted molar refractivity (Wildman–Crippen MR) is 115 cm³/mol. The number of sulfonamides is 1. The van der Waals surface area contributed by atoms with Gasteiger partial charge in [-0.3, -0.25) is 9.71 Å². The summed E-state index contributed by atoms with van der Waals surface area (Å²) in [5.74, 6) is -1.37. The minimum Gasteiger partial charge on any atom is -0.357 e. The van der Waals surface area contributed by atoms with Crippen LogP contribution in [0.4, 0.5) is 20.3 Å². The molecule has 2 heterocycles. The van der Waals surface area contributed by atoms with Crippen molar-refractivity contribution in [3.05, 3.63) is 59.8 Å².